The topological polar surface area (TPSA) is 48.2 Å². The van der Waals surface area contributed by atoms with Crippen molar-refractivity contribution in [2.45, 2.75) is 12.6 Å². The Morgan fingerprint density at radius 1 is 1.04 bits per heavy atom. The van der Waals surface area contributed by atoms with Gasteiger partial charge >= 0.3 is 12.3 Å². The highest BCUT2D eigenvalue weighted by Gasteiger charge is 2.29. The molecule has 0 aliphatic rings. The summed E-state index contributed by atoms with van der Waals surface area (Å²) < 4.78 is 48.9. The van der Waals surface area contributed by atoms with E-state index in [-0.39, 0.29) is 18.6 Å². The lowest BCUT2D eigenvalue weighted by molar-refractivity contribution is -0.137. The highest BCUT2D eigenvalue weighted by atomic mass is 79.9. The molecule has 8 heteroatoms. The van der Waals surface area contributed by atoms with Crippen molar-refractivity contribution in [3.8, 4) is 17.5 Å². The normalized spacial score (nSPS) is 11.9. The summed E-state index contributed by atoms with van der Waals surface area (Å²) in [4.78, 5) is 1.66. The minimum Gasteiger partial charge on any atom is -0.445 e. The van der Waals surface area contributed by atoms with Gasteiger partial charge in [0.1, 0.15) is 6.61 Å². The zero-order valence-corrected chi connectivity index (χ0v) is 15.5. The smallest absolute Gasteiger partial charge is 0.416 e. The quantitative estimate of drug-likeness (QED) is 0.499. The fraction of sp³-hybridized carbons (Fsp3) is 0.158. The van der Waals surface area contributed by atoms with Crippen LogP contribution in [0.2, 0.25) is 0 Å². The van der Waals surface area contributed by atoms with E-state index in [1.807, 2.05) is 24.3 Å². The van der Waals surface area contributed by atoms with E-state index < -0.39 is 11.7 Å². The van der Waals surface area contributed by atoms with Crippen molar-refractivity contribution in [1.82, 2.24) is 10.2 Å². The Balaban J connectivity index is 1.80. The first-order chi connectivity index (χ1) is 13.0. The van der Waals surface area contributed by atoms with E-state index in [0.717, 1.165) is 23.3 Å². The van der Waals surface area contributed by atoms with Crippen LogP contribution in [0.1, 0.15) is 16.7 Å². The molecule has 3 aromatic rings. The highest BCUT2D eigenvalue weighted by molar-refractivity contribution is 9.11. The molecule has 3 rings (SSSR count). The Labute approximate surface area is 161 Å². The number of alkyl halides is 3. The standard InChI is InChI=1S/C19H14BrF3N2O2/c20-10-3-11-26-18-25-24-17(27-18)16-5-2-1-4-14(16)12-13-6-8-15(9-7-13)19(21,22)23/h1-10H,11-12H2/b10-3+. The molecule has 0 amide bonds. The Morgan fingerprint density at radius 3 is 2.48 bits per heavy atom. The molecule has 0 fully saturated rings. The van der Waals surface area contributed by atoms with Gasteiger partial charge in [-0.2, -0.15) is 13.2 Å². The van der Waals surface area contributed by atoms with E-state index in [4.69, 9.17) is 9.15 Å². The second-order valence-electron chi connectivity index (χ2n) is 5.57. The molecule has 2 aromatic carbocycles. The van der Waals surface area contributed by atoms with Crippen LogP contribution in [-0.2, 0) is 12.6 Å². The first kappa shape index (κ1) is 19.2. The maximum atomic E-state index is 12.7. The van der Waals surface area contributed by atoms with Crippen molar-refractivity contribution >= 4 is 15.9 Å². The summed E-state index contributed by atoms with van der Waals surface area (Å²) in [5.41, 5.74) is 1.63. The van der Waals surface area contributed by atoms with E-state index in [1.54, 1.807) is 11.1 Å². The van der Waals surface area contributed by atoms with Crippen LogP contribution in [0.4, 0.5) is 13.2 Å². The summed E-state index contributed by atoms with van der Waals surface area (Å²) >= 11 is 3.13. The monoisotopic (exact) mass is 438 g/mol. The van der Waals surface area contributed by atoms with E-state index >= 15 is 0 Å². The molecule has 1 aromatic heterocycles. The lowest BCUT2D eigenvalue weighted by atomic mass is 9.99. The third-order valence-electron chi connectivity index (χ3n) is 3.72. The summed E-state index contributed by atoms with van der Waals surface area (Å²) in [7, 11) is 0. The predicted molar refractivity (Wildman–Crippen MR) is 97.5 cm³/mol. The van der Waals surface area contributed by atoms with Gasteiger partial charge in [0.25, 0.3) is 5.89 Å². The molecule has 0 atom stereocenters. The minimum atomic E-state index is -4.35. The molecule has 140 valence electrons. The van der Waals surface area contributed by atoms with Crippen molar-refractivity contribution in [1.29, 1.82) is 0 Å². The predicted octanol–water partition coefficient (Wildman–Crippen LogP) is 5.63. The van der Waals surface area contributed by atoms with Gasteiger partial charge in [-0.3, -0.25) is 0 Å². The molecule has 0 N–H and O–H groups in total. The number of hydrogen-bond donors (Lipinski definition) is 0. The summed E-state index contributed by atoms with van der Waals surface area (Å²) in [5.74, 6) is 0.287. The number of benzene rings is 2. The Hall–Kier alpha value is -2.61. The minimum absolute atomic E-state index is 0.0416. The fourth-order valence-electron chi connectivity index (χ4n) is 2.45. The average molecular weight is 439 g/mol. The Morgan fingerprint density at radius 2 is 1.78 bits per heavy atom. The first-order valence-corrected chi connectivity index (χ1v) is 8.85. The zero-order chi connectivity index (χ0) is 19.3. The average Bonchev–Trinajstić information content (AvgIpc) is 3.11. The van der Waals surface area contributed by atoms with Crippen molar-refractivity contribution in [2.24, 2.45) is 0 Å². The highest BCUT2D eigenvalue weighted by Crippen LogP contribution is 2.30. The van der Waals surface area contributed by atoms with Crippen molar-refractivity contribution in [3.63, 3.8) is 0 Å². The van der Waals surface area contributed by atoms with Gasteiger partial charge in [-0.1, -0.05) is 51.4 Å². The second kappa shape index (κ2) is 8.39. The number of rotatable bonds is 6. The summed E-state index contributed by atoms with van der Waals surface area (Å²) in [6.07, 6.45) is -2.15. The molecular weight excluding hydrogens is 425 g/mol. The van der Waals surface area contributed by atoms with Crippen LogP contribution < -0.4 is 4.74 Å². The van der Waals surface area contributed by atoms with Crippen LogP contribution in [0.15, 0.2) is 64.0 Å². The molecule has 0 saturated carbocycles. The van der Waals surface area contributed by atoms with Crippen molar-refractivity contribution in [2.75, 3.05) is 6.61 Å². The molecule has 27 heavy (non-hydrogen) atoms. The van der Waals surface area contributed by atoms with Gasteiger partial charge in [0.15, 0.2) is 0 Å². The van der Waals surface area contributed by atoms with E-state index in [9.17, 15) is 13.2 Å². The largest absolute Gasteiger partial charge is 0.445 e. The van der Waals surface area contributed by atoms with Crippen molar-refractivity contribution in [3.05, 3.63) is 76.3 Å². The Kier molecular flexibility index (Phi) is 5.95. The van der Waals surface area contributed by atoms with Gasteiger partial charge in [0.05, 0.1) is 5.56 Å². The summed E-state index contributed by atoms with van der Waals surface area (Å²) in [5, 5.41) is 7.83. The second-order valence-corrected chi connectivity index (χ2v) is 6.10. The molecule has 0 aliphatic carbocycles. The van der Waals surface area contributed by atoms with Crippen LogP contribution in [0.5, 0.6) is 6.08 Å². The Bertz CT molecular complexity index is 921. The molecule has 0 radical (unpaired) electrons. The van der Waals surface area contributed by atoms with Gasteiger partial charge in [-0.15, -0.1) is 5.10 Å². The van der Waals surface area contributed by atoms with Crippen molar-refractivity contribution < 1.29 is 22.3 Å². The number of aromatic nitrogens is 2. The summed E-state index contributed by atoms with van der Waals surface area (Å²) in [6, 6.07) is 12.4. The molecule has 0 saturated heterocycles. The van der Waals surface area contributed by atoms with Crippen LogP contribution >= 0.6 is 15.9 Å². The lowest BCUT2D eigenvalue weighted by Crippen LogP contribution is -2.04. The molecule has 0 bridgehead atoms. The molecule has 1 heterocycles. The van der Waals surface area contributed by atoms with E-state index in [2.05, 4.69) is 26.1 Å². The van der Waals surface area contributed by atoms with Crippen LogP contribution in [0.3, 0.4) is 0 Å². The summed E-state index contributed by atoms with van der Waals surface area (Å²) in [6.45, 7) is 0.278. The SMILES string of the molecule is FC(F)(F)c1ccc(Cc2ccccc2-c2nnc(OC/C=C/Br)o2)cc1. The van der Waals surface area contributed by atoms with E-state index in [1.165, 1.54) is 12.1 Å². The van der Waals surface area contributed by atoms with Crippen LogP contribution in [0.25, 0.3) is 11.5 Å². The molecule has 4 nitrogen and oxygen atoms in total. The molecule has 0 aliphatic heterocycles. The maximum absolute atomic E-state index is 12.7. The number of hydrogen-bond acceptors (Lipinski definition) is 4. The van der Waals surface area contributed by atoms with Gasteiger partial charge in [-0.25, -0.2) is 0 Å². The van der Waals surface area contributed by atoms with Gasteiger partial charge < -0.3 is 9.15 Å². The fourth-order valence-corrected chi connectivity index (χ4v) is 2.60. The molecule has 0 unspecified atom stereocenters. The third-order valence-corrected chi connectivity index (χ3v) is 4.10. The molecular formula is C19H14BrF3N2O2. The van der Waals surface area contributed by atoms with Crippen LogP contribution in [-0.4, -0.2) is 16.8 Å². The number of halogens is 4. The van der Waals surface area contributed by atoms with Crippen LogP contribution in [0, 0.1) is 0 Å². The zero-order valence-electron chi connectivity index (χ0n) is 13.9. The van der Waals surface area contributed by atoms with Gasteiger partial charge in [-0.05, 0) is 46.8 Å². The third kappa shape index (κ3) is 4.97. The number of ether oxygens (including phenoxy) is 1. The van der Waals surface area contributed by atoms with Gasteiger partial charge in [0.2, 0.25) is 0 Å². The maximum Gasteiger partial charge on any atom is 0.416 e. The lowest BCUT2D eigenvalue weighted by Gasteiger charge is -2.09. The van der Waals surface area contributed by atoms with E-state index in [0.29, 0.717) is 12.0 Å². The van der Waals surface area contributed by atoms with Gasteiger partial charge in [0, 0.05) is 5.56 Å². The molecule has 0 spiro atoms. The number of nitrogens with zero attached hydrogens (tertiary/aromatic N) is 2. The first-order valence-electron chi connectivity index (χ1n) is 7.93.